The summed E-state index contributed by atoms with van der Waals surface area (Å²) in [6, 6.07) is 9.30. The quantitative estimate of drug-likeness (QED) is 0.387. The molecular formula is C26H33N3O5. The summed E-state index contributed by atoms with van der Waals surface area (Å²) in [5.41, 5.74) is 2.54. The molecule has 2 aromatic heterocycles. The molecule has 0 aliphatic carbocycles. The van der Waals surface area contributed by atoms with Crippen LogP contribution in [0.3, 0.4) is 0 Å². The zero-order valence-corrected chi connectivity index (χ0v) is 20.5. The van der Waals surface area contributed by atoms with Crippen molar-refractivity contribution in [3.63, 3.8) is 0 Å². The van der Waals surface area contributed by atoms with Crippen molar-refractivity contribution >= 4 is 12.0 Å². The Morgan fingerprint density at radius 2 is 2.00 bits per heavy atom. The molecule has 8 heteroatoms. The Hall–Kier alpha value is -3.52. The minimum absolute atomic E-state index is 0.0171. The molecule has 0 unspecified atom stereocenters. The van der Waals surface area contributed by atoms with Gasteiger partial charge in [-0.2, -0.15) is 0 Å². The number of likely N-dealkylation sites (N-methyl/N-ethyl adjacent to an activating group) is 1. The zero-order chi connectivity index (χ0) is 24.5. The van der Waals surface area contributed by atoms with Crippen LogP contribution in [-0.2, 0) is 11.4 Å². The van der Waals surface area contributed by atoms with Gasteiger partial charge in [-0.1, -0.05) is 25.1 Å². The predicted molar refractivity (Wildman–Crippen MR) is 130 cm³/mol. The van der Waals surface area contributed by atoms with Crippen molar-refractivity contribution in [2.45, 2.75) is 40.3 Å². The molecule has 1 amide bonds. The molecule has 3 aromatic rings. The van der Waals surface area contributed by atoms with E-state index in [1.807, 2.05) is 44.2 Å². The lowest BCUT2D eigenvalue weighted by molar-refractivity contribution is -0.116. The van der Waals surface area contributed by atoms with Crippen molar-refractivity contribution in [1.29, 1.82) is 0 Å². The maximum atomic E-state index is 12.5. The average Bonchev–Trinajstić information content (AvgIpc) is 3.49. The van der Waals surface area contributed by atoms with Crippen molar-refractivity contribution in [2.24, 2.45) is 0 Å². The van der Waals surface area contributed by atoms with Crippen LogP contribution in [0.2, 0.25) is 0 Å². The summed E-state index contributed by atoms with van der Waals surface area (Å²) in [5.74, 6) is 2.57. The Labute approximate surface area is 200 Å². The monoisotopic (exact) mass is 467 g/mol. The van der Waals surface area contributed by atoms with E-state index < -0.39 is 0 Å². The van der Waals surface area contributed by atoms with Crippen LogP contribution in [0.5, 0.6) is 11.5 Å². The second-order valence-corrected chi connectivity index (χ2v) is 7.83. The molecule has 0 spiro atoms. The van der Waals surface area contributed by atoms with Crippen LogP contribution in [0.4, 0.5) is 0 Å². The molecular weight excluding hydrogens is 434 g/mol. The first kappa shape index (κ1) is 25.1. The van der Waals surface area contributed by atoms with Gasteiger partial charge in [0.05, 0.1) is 30.7 Å². The highest BCUT2D eigenvalue weighted by Gasteiger charge is 2.20. The number of nitrogens with zero attached hydrogens (tertiary/aromatic N) is 2. The molecule has 1 N–H and O–H groups in total. The number of ether oxygens (including phenoxy) is 2. The minimum Gasteiger partial charge on any atom is -0.493 e. The topological polar surface area (TPSA) is 90.0 Å². The first-order valence-electron chi connectivity index (χ1n) is 11.4. The number of benzene rings is 1. The molecule has 8 nitrogen and oxygen atoms in total. The van der Waals surface area contributed by atoms with E-state index >= 15 is 0 Å². The molecule has 0 radical (unpaired) electrons. The van der Waals surface area contributed by atoms with Gasteiger partial charge in [0.15, 0.2) is 11.5 Å². The van der Waals surface area contributed by atoms with Gasteiger partial charge in [-0.25, -0.2) is 0 Å². The Bertz CT molecular complexity index is 1060. The van der Waals surface area contributed by atoms with E-state index in [0.29, 0.717) is 24.7 Å². The van der Waals surface area contributed by atoms with Crippen LogP contribution in [0.15, 0.2) is 51.6 Å². The number of aromatic nitrogens is 1. The van der Waals surface area contributed by atoms with Gasteiger partial charge in [0.2, 0.25) is 5.91 Å². The fourth-order valence-electron chi connectivity index (χ4n) is 3.75. The highest BCUT2D eigenvalue weighted by Crippen LogP contribution is 2.30. The average molecular weight is 468 g/mol. The molecule has 0 aliphatic heterocycles. The van der Waals surface area contributed by atoms with Crippen LogP contribution in [-0.4, -0.2) is 42.7 Å². The summed E-state index contributed by atoms with van der Waals surface area (Å²) in [7, 11) is 1.58. The van der Waals surface area contributed by atoms with Crippen molar-refractivity contribution in [1.82, 2.24) is 15.4 Å². The van der Waals surface area contributed by atoms with E-state index in [9.17, 15) is 4.79 Å². The highest BCUT2D eigenvalue weighted by atomic mass is 16.5. The SMILES string of the molecule is CCN(CC)[C@@H](CNC(=O)/C=C\c1ccc(OCc2c(C)noc2C)c(OC)c1)c1ccco1. The molecule has 3 rings (SSSR count). The Kier molecular flexibility index (Phi) is 8.93. The molecule has 0 bridgehead atoms. The number of nitrogens with one attached hydrogen (secondary N) is 1. The van der Waals surface area contributed by atoms with E-state index in [1.165, 1.54) is 6.08 Å². The van der Waals surface area contributed by atoms with Crippen LogP contribution in [0.25, 0.3) is 6.08 Å². The number of rotatable bonds is 12. The van der Waals surface area contributed by atoms with Crippen molar-refractivity contribution in [3.8, 4) is 11.5 Å². The Balaban J connectivity index is 1.61. The van der Waals surface area contributed by atoms with E-state index in [0.717, 1.165) is 41.4 Å². The molecule has 0 aliphatic rings. The van der Waals surface area contributed by atoms with E-state index in [2.05, 4.69) is 29.2 Å². The van der Waals surface area contributed by atoms with Gasteiger partial charge < -0.3 is 23.7 Å². The third-order valence-corrected chi connectivity index (χ3v) is 5.76. The van der Waals surface area contributed by atoms with Gasteiger partial charge in [-0.3, -0.25) is 9.69 Å². The lowest BCUT2D eigenvalue weighted by Gasteiger charge is -2.28. The Morgan fingerprint density at radius 1 is 1.21 bits per heavy atom. The molecule has 1 atom stereocenters. The highest BCUT2D eigenvalue weighted by molar-refractivity contribution is 5.91. The number of methoxy groups -OCH3 is 1. The first-order valence-corrected chi connectivity index (χ1v) is 11.4. The second kappa shape index (κ2) is 12.1. The smallest absolute Gasteiger partial charge is 0.244 e. The van der Waals surface area contributed by atoms with Gasteiger partial charge >= 0.3 is 0 Å². The van der Waals surface area contributed by atoms with Gasteiger partial charge in [0, 0.05) is 12.6 Å². The summed E-state index contributed by atoms with van der Waals surface area (Å²) in [5, 5.41) is 6.92. The predicted octanol–water partition coefficient (Wildman–Crippen LogP) is 4.68. The molecule has 2 heterocycles. The summed E-state index contributed by atoms with van der Waals surface area (Å²) >= 11 is 0. The van der Waals surface area contributed by atoms with Crippen LogP contribution in [0, 0.1) is 13.8 Å². The summed E-state index contributed by atoms with van der Waals surface area (Å²) in [6.07, 6.45) is 4.92. The van der Waals surface area contributed by atoms with Gasteiger partial charge in [-0.05, 0) is 62.8 Å². The number of carbonyl (C=O) groups excluding carboxylic acids is 1. The normalized spacial score (nSPS) is 12.3. The van der Waals surface area contributed by atoms with Crippen molar-refractivity contribution < 1.29 is 23.2 Å². The third-order valence-electron chi connectivity index (χ3n) is 5.76. The lowest BCUT2D eigenvalue weighted by atomic mass is 10.1. The van der Waals surface area contributed by atoms with Crippen LogP contribution >= 0.6 is 0 Å². The fourth-order valence-corrected chi connectivity index (χ4v) is 3.75. The van der Waals surface area contributed by atoms with E-state index in [-0.39, 0.29) is 11.9 Å². The lowest BCUT2D eigenvalue weighted by Crippen LogP contribution is -2.37. The van der Waals surface area contributed by atoms with Crippen LogP contribution in [0.1, 0.15) is 48.2 Å². The minimum atomic E-state index is -0.179. The zero-order valence-electron chi connectivity index (χ0n) is 20.5. The number of hydrogen-bond acceptors (Lipinski definition) is 7. The van der Waals surface area contributed by atoms with Crippen molar-refractivity contribution in [2.75, 3.05) is 26.7 Å². The molecule has 182 valence electrons. The Morgan fingerprint density at radius 3 is 2.62 bits per heavy atom. The van der Waals surface area contributed by atoms with Crippen molar-refractivity contribution in [3.05, 3.63) is 71.0 Å². The van der Waals surface area contributed by atoms with Crippen LogP contribution < -0.4 is 14.8 Å². The number of amides is 1. The number of furan rings is 1. The molecule has 0 fully saturated rings. The molecule has 34 heavy (non-hydrogen) atoms. The standard InChI is InChI=1S/C26H33N3O5/c1-6-29(7-2)22(23-9-8-14-32-23)16-27-26(30)13-11-20-10-12-24(25(15-20)31-5)33-17-21-18(3)28-34-19(21)4/h8-15,22H,6-7,16-17H2,1-5H3,(H,27,30)/b13-11-/t22-/m0/s1. The van der Waals surface area contributed by atoms with Gasteiger partial charge in [-0.15, -0.1) is 0 Å². The third kappa shape index (κ3) is 6.29. The first-order chi connectivity index (χ1) is 16.5. The maximum absolute atomic E-state index is 12.5. The van der Waals surface area contributed by atoms with Gasteiger partial charge in [0.1, 0.15) is 18.1 Å². The second-order valence-electron chi connectivity index (χ2n) is 7.83. The number of aryl methyl sites for hydroxylation is 2. The largest absolute Gasteiger partial charge is 0.493 e. The number of carbonyl (C=O) groups is 1. The molecule has 0 saturated heterocycles. The molecule has 1 aromatic carbocycles. The summed E-state index contributed by atoms with van der Waals surface area (Å²) < 4.78 is 22.2. The maximum Gasteiger partial charge on any atom is 0.244 e. The summed E-state index contributed by atoms with van der Waals surface area (Å²) in [4.78, 5) is 14.7. The van der Waals surface area contributed by atoms with Gasteiger partial charge in [0.25, 0.3) is 0 Å². The van der Waals surface area contributed by atoms with E-state index in [1.54, 1.807) is 19.4 Å². The molecule has 0 saturated carbocycles. The summed E-state index contributed by atoms with van der Waals surface area (Å²) in [6.45, 7) is 10.4. The van der Waals surface area contributed by atoms with E-state index in [4.69, 9.17) is 18.4 Å². The number of hydrogen-bond donors (Lipinski definition) is 1. The fraction of sp³-hybridized carbons (Fsp3) is 0.385.